The van der Waals surface area contributed by atoms with Crippen LogP contribution in [-0.4, -0.2) is 28.5 Å². The molecule has 2 N–H and O–H groups in total. The van der Waals surface area contributed by atoms with Crippen LogP contribution in [0.25, 0.3) is 0 Å². The van der Waals surface area contributed by atoms with E-state index in [2.05, 4.69) is 0 Å². The lowest BCUT2D eigenvalue weighted by molar-refractivity contribution is -0.242. The largest absolute Gasteiger partial charge is 0.481 e. The highest BCUT2D eigenvalue weighted by Crippen LogP contribution is 2.19. The molecule has 0 aliphatic rings. The van der Waals surface area contributed by atoms with Gasteiger partial charge in [-0.05, 0) is 0 Å². The zero-order valence-corrected chi connectivity index (χ0v) is 4.72. The molecule has 0 heterocycles. The van der Waals surface area contributed by atoms with Gasteiger partial charge < -0.3 is 10.2 Å². The standard InChI is InChI=1S/C4H5F3O3/c5-2(1-3(8)9)4(6,7)10/h2,10H,1H2,(H,8,9). The SMILES string of the molecule is O=C(O)CC(F)C(O)(F)F. The van der Waals surface area contributed by atoms with Gasteiger partial charge in [0.05, 0.1) is 6.42 Å². The van der Waals surface area contributed by atoms with Crippen LogP contribution in [0.1, 0.15) is 6.42 Å². The summed E-state index contributed by atoms with van der Waals surface area (Å²) < 4.78 is 34.6. The molecule has 0 saturated heterocycles. The quantitative estimate of drug-likeness (QED) is 0.624. The number of halogens is 3. The van der Waals surface area contributed by atoms with E-state index in [4.69, 9.17) is 10.2 Å². The molecule has 0 amide bonds. The van der Waals surface area contributed by atoms with Gasteiger partial charge in [-0.15, -0.1) is 0 Å². The molecule has 0 aromatic rings. The van der Waals surface area contributed by atoms with E-state index >= 15 is 0 Å². The van der Waals surface area contributed by atoms with Gasteiger partial charge in [0.15, 0.2) is 0 Å². The lowest BCUT2D eigenvalue weighted by Crippen LogP contribution is -2.31. The second-order valence-corrected chi connectivity index (χ2v) is 1.65. The Kier molecular flexibility index (Phi) is 2.65. The van der Waals surface area contributed by atoms with Crippen molar-refractivity contribution < 1.29 is 28.2 Å². The van der Waals surface area contributed by atoms with Gasteiger partial charge in [-0.3, -0.25) is 4.79 Å². The molecular weight excluding hydrogens is 153 g/mol. The van der Waals surface area contributed by atoms with E-state index in [9.17, 15) is 18.0 Å². The Morgan fingerprint density at radius 3 is 2.10 bits per heavy atom. The van der Waals surface area contributed by atoms with Gasteiger partial charge in [0.1, 0.15) is 0 Å². The van der Waals surface area contributed by atoms with Gasteiger partial charge >= 0.3 is 12.1 Å². The molecule has 0 bridgehead atoms. The molecule has 0 rings (SSSR count). The minimum absolute atomic E-state index is 1.40. The normalized spacial score (nSPS) is 14.8. The summed E-state index contributed by atoms with van der Waals surface area (Å²) in [6.07, 6.45) is -8.99. The average molecular weight is 158 g/mol. The predicted octanol–water partition coefficient (Wildman–Crippen LogP) is 0.384. The van der Waals surface area contributed by atoms with Crippen molar-refractivity contribution in [3.05, 3.63) is 0 Å². The molecule has 3 nitrogen and oxygen atoms in total. The molecule has 60 valence electrons. The van der Waals surface area contributed by atoms with Gasteiger partial charge in [0, 0.05) is 0 Å². The van der Waals surface area contributed by atoms with Crippen LogP contribution in [0.15, 0.2) is 0 Å². The number of hydrogen-bond acceptors (Lipinski definition) is 2. The predicted molar refractivity (Wildman–Crippen MR) is 24.3 cm³/mol. The van der Waals surface area contributed by atoms with Crippen LogP contribution in [0.3, 0.4) is 0 Å². The van der Waals surface area contributed by atoms with E-state index in [0.29, 0.717) is 0 Å². The summed E-state index contributed by atoms with van der Waals surface area (Å²) in [4.78, 5) is 9.57. The number of carboxylic acid groups (broad SMARTS) is 1. The Morgan fingerprint density at radius 2 is 2.00 bits per heavy atom. The average Bonchev–Trinajstić information content (AvgIpc) is 1.60. The maximum absolute atomic E-state index is 11.8. The molecule has 6 heteroatoms. The molecule has 0 aromatic carbocycles. The fraction of sp³-hybridized carbons (Fsp3) is 0.750. The van der Waals surface area contributed by atoms with Crippen molar-refractivity contribution in [1.82, 2.24) is 0 Å². The van der Waals surface area contributed by atoms with Crippen LogP contribution in [0.2, 0.25) is 0 Å². The third-order valence-electron chi connectivity index (χ3n) is 0.731. The monoisotopic (exact) mass is 158 g/mol. The fourth-order valence-electron chi connectivity index (χ4n) is 0.276. The van der Waals surface area contributed by atoms with Crippen molar-refractivity contribution in [3.63, 3.8) is 0 Å². The first-order valence-electron chi connectivity index (χ1n) is 2.30. The molecule has 0 aromatic heterocycles. The highest BCUT2D eigenvalue weighted by molar-refractivity contribution is 5.67. The molecule has 1 unspecified atom stereocenters. The van der Waals surface area contributed by atoms with Crippen LogP contribution in [0.4, 0.5) is 13.2 Å². The number of carbonyl (C=O) groups is 1. The molecule has 0 aliphatic carbocycles. The minimum Gasteiger partial charge on any atom is -0.481 e. The van der Waals surface area contributed by atoms with Crippen molar-refractivity contribution in [2.45, 2.75) is 18.7 Å². The summed E-state index contributed by atoms with van der Waals surface area (Å²) in [5.74, 6) is -1.72. The summed E-state index contributed by atoms with van der Waals surface area (Å²) in [6.45, 7) is 0. The lowest BCUT2D eigenvalue weighted by atomic mass is 10.2. The summed E-state index contributed by atoms with van der Waals surface area (Å²) in [5.41, 5.74) is 0. The van der Waals surface area contributed by atoms with Gasteiger partial charge in [-0.2, -0.15) is 8.78 Å². The van der Waals surface area contributed by atoms with E-state index in [1.54, 1.807) is 0 Å². The zero-order chi connectivity index (χ0) is 8.36. The van der Waals surface area contributed by atoms with Gasteiger partial charge in [-0.25, -0.2) is 4.39 Å². The molecule has 1 atom stereocenters. The van der Waals surface area contributed by atoms with Crippen molar-refractivity contribution in [1.29, 1.82) is 0 Å². The Bertz CT molecular complexity index is 130. The van der Waals surface area contributed by atoms with Crippen LogP contribution < -0.4 is 0 Å². The first-order chi connectivity index (χ1) is 4.34. The summed E-state index contributed by atoms with van der Waals surface area (Å²) in [7, 11) is 0. The van der Waals surface area contributed by atoms with Crippen LogP contribution in [0.5, 0.6) is 0 Å². The number of rotatable bonds is 3. The topological polar surface area (TPSA) is 57.5 Å². The summed E-state index contributed by atoms with van der Waals surface area (Å²) in [5, 5.41) is 15.3. The number of aliphatic carboxylic acids is 1. The van der Waals surface area contributed by atoms with Crippen molar-refractivity contribution >= 4 is 5.97 Å². The third kappa shape index (κ3) is 3.29. The molecule has 0 aliphatic heterocycles. The second-order valence-electron chi connectivity index (χ2n) is 1.65. The first kappa shape index (κ1) is 9.22. The maximum Gasteiger partial charge on any atom is 0.385 e. The number of aliphatic hydroxyl groups is 1. The van der Waals surface area contributed by atoms with Crippen molar-refractivity contribution in [3.8, 4) is 0 Å². The van der Waals surface area contributed by atoms with E-state index in [1.807, 2.05) is 0 Å². The molecule has 0 saturated carbocycles. The number of alkyl halides is 3. The molecular formula is C4H5F3O3. The maximum atomic E-state index is 11.8. The van der Waals surface area contributed by atoms with E-state index in [-0.39, 0.29) is 0 Å². The zero-order valence-electron chi connectivity index (χ0n) is 4.72. The lowest BCUT2D eigenvalue weighted by Gasteiger charge is -2.10. The first-order valence-corrected chi connectivity index (χ1v) is 2.30. The van der Waals surface area contributed by atoms with Crippen molar-refractivity contribution in [2.75, 3.05) is 0 Å². The summed E-state index contributed by atoms with van der Waals surface area (Å²) >= 11 is 0. The Morgan fingerprint density at radius 1 is 1.60 bits per heavy atom. The van der Waals surface area contributed by atoms with E-state index in [1.165, 1.54) is 0 Å². The molecule has 10 heavy (non-hydrogen) atoms. The highest BCUT2D eigenvalue weighted by Gasteiger charge is 2.38. The van der Waals surface area contributed by atoms with Gasteiger partial charge in [0.25, 0.3) is 0 Å². The second kappa shape index (κ2) is 2.87. The van der Waals surface area contributed by atoms with Gasteiger partial charge in [0.2, 0.25) is 6.17 Å². The minimum atomic E-state index is -4.56. The molecule has 0 fully saturated rings. The summed E-state index contributed by atoms with van der Waals surface area (Å²) in [6, 6.07) is 0. The molecule has 0 radical (unpaired) electrons. The van der Waals surface area contributed by atoms with Gasteiger partial charge in [-0.1, -0.05) is 0 Å². The smallest absolute Gasteiger partial charge is 0.385 e. The Balaban J connectivity index is 3.85. The van der Waals surface area contributed by atoms with Crippen molar-refractivity contribution in [2.24, 2.45) is 0 Å². The Hall–Kier alpha value is -0.780. The molecule has 0 spiro atoms. The van der Waals surface area contributed by atoms with Crippen LogP contribution >= 0.6 is 0 Å². The Labute approximate surface area is 54.1 Å². The van der Waals surface area contributed by atoms with Crippen LogP contribution in [0, 0.1) is 0 Å². The van der Waals surface area contributed by atoms with E-state index in [0.717, 1.165) is 0 Å². The number of hydrogen-bond donors (Lipinski definition) is 2. The highest BCUT2D eigenvalue weighted by atomic mass is 19.3. The third-order valence-corrected chi connectivity index (χ3v) is 0.731. The van der Waals surface area contributed by atoms with E-state index < -0.39 is 24.7 Å². The van der Waals surface area contributed by atoms with Crippen LogP contribution in [-0.2, 0) is 4.79 Å². The fourth-order valence-corrected chi connectivity index (χ4v) is 0.276. The number of carboxylic acids is 1.